The van der Waals surface area contributed by atoms with Crippen LogP contribution >= 0.6 is 11.8 Å². The van der Waals surface area contributed by atoms with Crippen LogP contribution in [0.1, 0.15) is 50.5 Å². The number of rotatable bonds is 3. The Morgan fingerprint density at radius 3 is 2.42 bits per heavy atom. The molecule has 2 N–H and O–H groups in total. The van der Waals surface area contributed by atoms with Crippen LogP contribution in [0.5, 0.6) is 0 Å². The van der Waals surface area contributed by atoms with E-state index in [2.05, 4.69) is 31.2 Å². The fourth-order valence-corrected chi connectivity index (χ4v) is 5.81. The van der Waals surface area contributed by atoms with E-state index in [-0.39, 0.29) is 0 Å². The molecule has 0 atom stereocenters. The molecule has 1 aromatic carbocycles. The minimum absolute atomic E-state index is 0.323. The van der Waals surface area contributed by atoms with Crippen LogP contribution < -0.4 is 5.73 Å². The lowest BCUT2D eigenvalue weighted by Gasteiger charge is -2.57. The summed E-state index contributed by atoms with van der Waals surface area (Å²) in [6, 6.07) is 8.73. The summed E-state index contributed by atoms with van der Waals surface area (Å²) >= 11 is 2.05. The van der Waals surface area contributed by atoms with Gasteiger partial charge in [-0.1, -0.05) is 37.5 Å². The second kappa shape index (κ2) is 5.14. The fraction of sp³-hybridized carbons (Fsp3) is 0.647. The summed E-state index contributed by atoms with van der Waals surface area (Å²) in [6.45, 7) is 3.04. The van der Waals surface area contributed by atoms with Crippen LogP contribution in [0.25, 0.3) is 0 Å². The van der Waals surface area contributed by atoms with Crippen molar-refractivity contribution in [3.05, 3.63) is 29.8 Å². The second-order valence-corrected chi connectivity index (χ2v) is 8.18. The van der Waals surface area contributed by atoms with E-state index >= 15 is 0 Å². The highest BCUT2D eigenvalue weighted by Gasteiger charge is 2.54. The largest absolute Gasteiger partial charge is 0.329 e. The molecular weight excluding hydrogens is 250 g/mol. The van der Waals surface area contributed by atoms with Crippen LogP contribution in [-0.4, -0.2) is 11.3 Å². The van der Waals surface area contributed by atoms with Gasteiger partial charge in [0.25, 0.3) is 0 Å². The van der Waals surface area contributed by atoms with Crippen LogP contribution in [0, 0.1) is 12.3 Å². The first kappa shape index (κ1) is 13.5. The van der Waals surface area contributed by atoms with Crippen molar-refractivity contribution in [3.8, 4) is 0 Å². The number of nitrogens with two attached hydrogens (primary N) is 1. The van der Waals surface area contributed by atoms with Crippen LogP contribution in [0.2, 0.25) is 0 Å². The molecule has 1 aromatic rings. The highest BCUT2D eigenvalue weighted by Crippen LogP contribution is 2.62. The second-order valence-electron chi connectivity index (χ2n) is 6.67. The number of benzene rings is 1. The molecule has 104 valence electrons. The van der Waals surface area contributed by atoms with Crippen molar-refractivity contribution in [2.75, 3.05) is 6.54 Å². The van der Waals surface area contributed by atoms with E-state index in [9.17, 15) is 0 Å². The van der Waals surface area contributed by atoms with E-state index in [0.29, 0.717) is 10.2 Å². The predicted molar refractivity (Wildman–Crippen MR) is 83.6 cm³/mol. The summed E-state index contributed by atoms with van der Waals surface area (Å²) in [5, 5.41) is 0. The van der Waals surface area contributed by atoms with Gasteiger partial charge in [-0.25, -0.2) is 0 Å². The Morgan fingerprint density at radius 2 is 1.79 bits per heavy atom. The van der Waals surface area contributed by atoms with Gasteiger partial charge in [-0.05, 0) is 49.7 Å². The number of hydrogen-bond acceptors (Lipinski definition) is 2. The normalized spacial score (nSPS) is 24.1. The van der Waals surface area contributed by atoms with Crippen molar-refractivity contribution in [1.82, 2.24) is 0 Å². The van der Waals surface area contributed by atoms with Gasteiger partial charge < -0.3 is 5.73 Å². The Labute approximate surface area is 121 Å². The maximum atomic E-state index is 6.14. The van der Waals surface area contributed by atoms with Crippen LogP contribution in [0.4, 0.5) is 0 Å². The summed E-state index contributed by atoms with van der Waals surface area (Å²) in [5.74, 6) is 0. The maximum absolute atomic E-state index is 6.14. The van der Waals surface area contributed by atoms with E-state index in [1.807, 2.05) is 11.8 Å². The van der Waals surface area contributed by atoms with Gasteiger partial charge in [0.15, 0.2) is 0 Å². The fourth-order valence-electron chi connectivity index (χ4n) is 4.13. The quantitative estimate of drug-likeness (QED) is 0.877. The third-order valence-electron chi connectivity index (χ3n) is 5.10. The maximum Gasteiger partial charge on any atom is 0.0340 e. The minimum atomic E-state index is 0.323. The molecule has 2 aliphatic carbocycles. The van der Waals surface area contributed by atoms with E-state index < -0.39 is 0 Å². The standard InChI is InChI=1S/C17H25NS/c1-14-7-3-4-8-15(14)19-17(13-18)11-16(12-17)9-5-2-6-10-16/h3-4,7-8H,2,5-6,9-13,18H2,1H3. The van der Waals surface area contributed by atoms with Gasteiger partial charge in [0.1, 0.15) is 0 Å². The van der Waals surface area contributed by atoms with E-state index in [0.717, 1.165) is 6.54 Å². The van der Waals surface area contributed by atoms with Crippen LogP contribution in [-0.2, 0) is 0 Å². The Morgan fingerprint density at radius 1 is 1.11 bits per heavy atom. The Kier molecular flexibility index (Phi) is 3.65. The highest BCUT2D eigenvalue weighted by molar-refractivity contribution is 8.00. The number of hydrogen-bond donors (Lipinski definition) is 1. The van der Waals surface area contributed by atoms with Crippen LogP contribution in [0.15, 0.2) is 29.2 Å². The van der Waals surface area contributed by atoms with Crippen molar-refractivity contribution in [3.63, 3.8) is 0 Å². The zero-order valence-electron chi connectivity index (χ0n) is 12.0. The molecule has 1 nitrogen and oxygen atoms in total. The number of aryl methyl sites for hydroxylation is 1. The molecule has 0 heterocycles. The van der Waals surface area contributed by atoms with Crippen LogP contribution in [0.3, 0.4) is 0 Å². The Bertz CT molecular complexity index is 440. The molecule has 1 spiro atoms. The zero-order chi connectivity index (χ0) is 13.3. The van der Waals surface area contributed by atoms with Crippen molar-refractivity contribution < 1.29 is 0 Å². The van der Waals surface area contributed by atoms with Gasteiger partial charge in [0, 0.05) is 16.2 Å². The molecule has 0 saturated heterocycles. The van der Waals surface area contributed by atoms with Crippen molar-refractivity contribution in [2.45, 2.75) is 61.5 Å². The van der Waals surface area contributed by atoms with Gasteiger partial charge in [-0.3, -0.25) is 0 Å². The summed E-state index contributed by atoms with van der Waals surface area (Å²) in [7, 11) is 0. The van der Waals surface area contributed by atoms with E-state index in [1.54, 1.807) is 0 Å². The van der Waals surface area contributed by atoms with Gasteiger partial charge in [0.2, 0.25) is 0 Å². The van der Waals surface area contributed by atoms with Gasteiger partial charge in [-0.2, -0.15) is 0 Å². The lowest BCUT2D eigenvalue weighted by molar-refractivity contribution is 0.0402. The van der Waals surface area contributed by atoms with Gasteiger partial charge in [0.05, 0.1) is 0 Å². The van der Waals surface area contributed by atoms with Gasteiger partial charge in [-0.15, -0.1) is 11.8 Å². The molecule has 0 bridgehead atoms. The average molecular weight is 275 g/mol. The molecule has 2 fully saturated rings. The lowest BCUT2D eigenvalue weighted by atomic mass is 9.55. The minimum Gasteiger partial charge on any atom is -0.329 e. The van der Waals surface area contributed by atoms with E-state index in [4.69, 9.17) is 5.73 Å². The molecule has 3 rings (SSSR count). The number of thioether (sulfide) groups is 1. The van der Waals surface area contributed by atoms with Crippen molar-refractivity contribution >= 4 is 11.8 Å². The first-order chi connectivity index (χ1) is 9.17. The summed E-state index contributed by atoms with van der Waals surface area (Å²) in [5.41, 5.74) is 8.19. The smallest absolute Gasteiger partial charge is 0.0340 e. The molecule has 2 heteroatoms. The SMILES string of the molecule is Cc1ccccc1SC1(CN)CC2(CCCCC2)C1. The summed E-state index contributed by atoms with van der Waals surface area (Å²) in [6.07, 6.45) is 9.91. The summed E-state index contributed by atoms with van der Waals surface area (Å²) in [4.78, 5) is 1.43. The third-order valence-corrected chi connectivity index (χ3v) is 6.67. The van der Waals surface area contributed by atoms with Crippen molar-refractivity contribution in [2.24, 2.45) is 11.1 Å². The van der Waals surface area contributed by atoms with Crippen molar-refractivity contribution in [1.29, 1.82) is 0 Å². The first-order valence-electron chi connectivity index (χ1n) is 7.62. The molecule has 0 unspecified atom stereocenters. The Balaban J connectivity index is 1.71. The molecule has 0 amide bonds. The lowest BCUT2D eigenvalue weighted by Crippen LogP contribution is -2.54. The molecule has 2 saturated carbocycles. The molecule has 0 aromatic heterocycles. The predicted octanol–water partition coefficient (Wildman–Crippen LogP) is 4.53. The monoisotopic (exact) mass is 275 g/mol. The third kappa shape index (κ3) is 2.57. The highest BCUT2D eigenvalue weighted by atomic mass is 32.2. The van der Waals surface area contributed by atoms with Gasteiger partial charge >= 0.3 is 0 Å². The molecule has 19 heavy (non-hydrogen) atoms. The summed E-state index contributed by atoms with van der Waals surface area (Å²) < 4.78 is 0.323. The average Bonchev–Trinajstić information content (AvgIpc) is 2.40. The Hall–Kier alpha value is -0.470. The molecule has 0 radical (unpaired) electrons. The molecule has 0 aliphatic heterocycles. The van der Waals surface area contributed by atoms with E-state index in [1.165, 1.54) is 55.4 Å². The molecule has 2 aliphatic rings. The topological polar surface area (TPSA) is 26.0 Å². The molecular formula is C17H25NS. The first-order valence-corrected chi connectivity index (χ1v) is 8.44. The zero-order valence-corrected chi connectivity index (χ0v) is 12.8.